The third-order valence-corrected chi connectivity index (χ3v) is 3.49. The lowest BCUT2D eigenvalue weighted by atomic mass is 9.98. The van der Waals surface area contributed by atoms with Gasteiger partial charge in [-0.15, -0.1) is 0 Å². The summed E-state index contributed by atoms with van der Waals surface area (Å²) in [6.07, 6.45) is 1.20. The van der Waals surface area contributed by atoms with Crippen LogP contribution in [0.5, 0.6) is 0 Å². The standard InChI is InChI=1S/C16H15ClN3O/c1-2-14(21)20-11-6-3-5-10(9-11)15(18)12-7-4-8-13(17)16(12)19/h2-9,15,18H,1,19H2,(H,20,21)/q-1/p+1. The van der Waals surface area contributed by atoms with Gasteiger partial charge in [0.15, 0.2) is 0 Å². The van der Waals surface area contributed by atoms with Gasteiger partial charge in [0.2, 0.25) is 5.91 Å². The molecule has 0 spiro atoms. The molecule has 4 nitrogen and oxygen atoms in total. The molecule has 0 aliphatic rings. The maximum absolute atomic E-state index is 11.3. The Kier molecular flexibility index (Phi) is 4.75. The number of anilines is 1. The van der Waals surface area contributed by atoms with Crippen LogP contribution in [0.15, 0.2) is 55.1 Å². The first kappa shape index (κ1) is 15.3. The quantitative estimate of drug-likeness (QED) is 0.833. The van der Waals surface area contributed by atoms with Crippen LogP contribution >= 0.6 is 11.6 Å². The number of amides is 1. The van der Waals surface area contributed by atoms with Crippen LogP contribution in [0.25, 0.3) is 5.73 Å². The van der Waals surface area contributed by atoms with Crippen molar-refractivity contribution < 1.29 is 10.5 Å². The first-order valence-corrected chi connectivity index (χ1v) is 6.75. The summed E-state index contributed by atoms with van der Waals surface area (Å²) in [5.41, 5.74) is 15.1. The molecule has 0 aliphatic carbocycles. The first-order chi connectivity index (χ1) is 10.0. The van der Waals surface area contributed by atoms with Crippen molar-refractivity contribution in [1.29, 1.82) is 0 Å². The number of nitrogens with one attached hydrogen (secondary N) is 2. The minimum absolute atomic E-state index is 0.283. The number of quaternary nitrogens is 1. The van der Waals surface area contributed by atoms with E-state index in [4.69, 9.17) is 17.3 Å². The van der Waals surface area contributed by atoms with Crippen LogP contribution in [-0.4, -0.2) is 5.91 Å². The van der Waals surface area contributed by atoms with Gasteiger partial charge in [0.1, 0.15) is 10.7 Å². The molecule has 0 bridgehead atoms. The monoisotopic (exact) mass is 301 g/mol. The van der Waals surface area contributed by atoms with Crippen LogP contribution in [-0.2, 0) is 4.79 Å². The molecule has 5 heteroatoms. The zero-order valence-corrected chi connectivity index (χ0v) is 12.2. The second-order valence-corrected chi connectivity index (χ2v) is 4.97. The molecule has 5 N–H and O–H groups in total. The summed E-state index contributed by atoms with van der Waals surface area (Å²) in [5, 5.41) is 3.22. The van der Waals surface area contributed by atoms with Gasteiger partial charge in [0, 0.05) is 11.3 Å². The highest BCUT2D eigenvalue weighted by molar-refractivity contribution is 6.32. The average molecular weight is 302 g/mol. The van der Waals surface area contributed by atoms with Gasteiger partial charge >= 0.3 is 0 Å². The molecule has 2 aromatic carbocycles. The van der Waals surface area contributed by atoms with E-state index in [-0.39, 0.29) is 5.91 Å². The summed E-state index contributed by atoms with van der Waals surface area (Å²) in [6.45, 7) is 3.41. The highest BCUT2D eigenvalue weighted by Crippen LogP contribution is 2.33. The number of halogens is 1. The van der Waals surface area contributed by atoms with Crippen molar-refractivity contribution in [3.63, 3.8) is 0 Å². The lowest BCUT2D eigenvalue weighted by Gasteiger charge is -2.22. The molecular formula is C16H16ClN3O. The predicted octanol–water partition coefficient (Wildman–Crippen LogP) is 3.48. The maximum Gasteiger partial charge on any atom is 0.247 e. The molecule has 0 aromatic heterocycles. The largest absolute Gasteiger partial charge is 0.667 e. The van der Waals surface area contributed by atoms with Crippen molar-refractivity contribution in [2.45, 2.75) is 6.04 Å². The topological polar surface area (TPSA) is 80.5 Å². The van der Waals surface area contributed by atoms with Crippen molar-refractivity contribution >= 4 is 28.9 Å². The molecule has 0 saturated heterocycles. The molecule has 2 rings (SSSR count). The molecule has 1 amide bonds. The fourth-order valence-electron chi connectivity index (χ4n) is 2.01. The van der Waals surface area contributed by atoms with Crippen molar-refractivity contribution in [1.82, 2.24) is 0 Å². The fourth-order valence-corrected chi connectivity index (χ4v) is 2.20. The zero-order chi connectivity index (χ0) is 15.4. The van der Waals surface area contributed by atoms with Gasteiger partial charge in [-0.3, -0.25) is 4.79 Å². The van der Waals surface area contributed by atoms with Crippen LogP contribution in [0.2, 0.25) is 5.02 Å². The van der Waals surface area contributed by atoms with Crippen LogP contribution in [0, 0.1) is 0 Å². The summed E-state index contributed by atoms with van der Waals surface area (Å²) >= 11 is 6.05. The van der Waals surface area contributed by atoms with E-state index in [1.807, 2.05) is 12.1 Å². The predicted molar refractivity (Wildman–Crippen MR) is 85.4 cm³/mol. The van der Waals surface area contributed by atoms with Crippen LogP contribution in [0.3, 0.4) is 0 Å². The van der Waals surface area contributed by atoms with Crippen molar-refractivity contribution in [2.24, 2.45) is 0 Å². The highest BCUT2D eigenvalue weighted by Gasteiger charge is 2.11. The van der Waals surface area contributed by atoms with Crippen LogP contribution in [0.1, 0.15) is 17.2 Å². The minimum Gasteiger partial charge on any atom is -0.667 e. The second-order valence-electron chi connectivity index (χ2n) is 4.56. The SMILES string of the molecule is C=CC(=O)Nc1cccc(C([NH-])c2cccc(Cl)c2[NH3+])c1. The van der Waals surface area contributed by atoms with E-state index in [2.05, 4.69) is 17.6 Å². The second kappa shape index (κ2) is 6.54. The van der Waals surface area contributed by atoms with Gasteiger partial charge in [0.25, 0.3) is 0 Å². The lowest BCUT2D eigenvalue weighted by Crippen LogP contribution is -2.42. The molecular weight excluding hydrogens is 286 g/mol. The smallest absolute Gasteiger partial charge is 0.247 e. The summed E-state index contributed by atoms with van der Waals surface area (Å²) in [5.74, 6) is -0.283. The van der Waals surface area contributed by atoms with Gasteiger partial charge in [-0.05, 0) is 24.3 Å². The van der Waals surface area contributed by atoms with E-state index < -0.39 is 6.04 Å². The van der Waals surface area contributed by atoms with Crippen LogP contribution < -0.4 is 11.1 Å². The van der Waals surface area contributed by atoms with Crippen molar-refractivity contribution in [3.05, 3.63) is 77.0 Å². The van der Waals surface area contributed by atoms with Gasteiger partial charge in [0.05, 0.1) is 0 Å². The minimum atomic E-state index is -0.614. The summed E-state index contributed by atoms with van der Waals surface area (Å²) in [4.78, 5) is 11.3. The molecule has 1 unspecified atom stereocenters. The fraction of sp³-hybridized carbons (Fsp3) is 0.0625. The Morgan fingerprint density at radius 1 is 1.33 bits per heavy atom. The van der Waals surface area contributed by atoms with E-state index in [1.54, 1.807) is 30.3 Å². The summed E-state index contributed by atoms with van der Waals surface area (Å²) in [6, 6.07) is 11.9. The molecule has 2 aromatic rings. The Morgan fingerprint density at radius 3 is 2.76 bits per heavy atom. The Balaban J connectivity index is 2.33. The van der Waals surface area contributed by atoms with Gasteiger partial charge in [-0.25, -0.2) is 0 Å². The molecule has 21 heavy (non-hydrogen) atoms. The molecule has 108 valence electrons. The molecule has 1 atom stereocenters. The highest BCUT2D eigenvalue weighted by atomic mass is 35.5. The van der Waals surface area contributed by atoms with Gasteiger partial charge in [-0.2, -0.15) is 0 Å². The first-order valence-electron chi connectivity index (χ1n) is 6.37. The molecule has 0 aliphatic heterocycles. The van der Waals surface area contributed by atoms with E-state index in [9.17, 15) is 4.79 Å². The third-order valence-electron chi connectivity index (χ3n) is 3.14. The van der Waals surface area contributed by atoms with Crippen molar-refractivity contribution in [3.8, 4) is 0 Å². The number of carbonyl (C=O) groups excluding carboxylic acids is 1. The molecule has 0 heterocycles. The van der Waals surface area contributed by atoms with E-state index in [0.717, 1.165) is 11.1 Å². The Morgan fingerprint density at radius 2 is 2.05 bits per heavy atom. The average Bonchev–Trinajstić information content (AvgIpc) is 2.49. The number of hydrogen-bond acceptors (Lipinski definition) is 1. The van der Waals surface area contributed by atoms with Gasteiger partial charge in [-0.1, -0.05) is 54.1 Å². The lowest BCUT2D eigenvalue weighted by molar-refractivity contribution is -0.255. The third kappa shape index (κ3) is 3.49. The maximum atomic E-state index is 11.3. The van der Waals surface area contributed by atoms with E-state index >= 15 is 0 Å². The van der Waals surface area contributed by atoms with E-state index in [0.29, 0.717) is 16.4 Å². The molecule has 0 radical (unpaired) electrons. The van der Waals surface area contributed by atoms with Gasteiger partial charge < -0.3 is 16.8 Å². The Labute approximate surface area is 128 Å². The zero-order valence-electron chi connectivity index (χ0n) is 11.4. The Hall–Kier alpha value is -2.14. The molecule has 0 saturated carbocycles. The van der Waals surface area contributed by atoms with Crippen LogP contribution in [0.4, 0.5) is 11.4 Å². The summed E-state index contributed by atoms with van der Waals surface area (Å²) in [7, 11) is 0. The van der Waals surface area contributed by atoms with Crippen molar-refractivity contribution in [2.75, 3.05) is 5.32 Å². The number of hydrogen-bond donors (Lipinski definition) is 2. The summed E-state index contributed by atoms with van der Waals surface area (Å²) < 4.78 is 0. The Bertz CT molecular complexity index is 685. The number of rotatable bonds is 4. The molecule has 0 fully saturated rings. The normalized spacial score (nSPS) is 11.8. The van der Waals surface area contributed by atoms with E-state index in [1.165, 1.54) is 6.08 Å². The number of carbonyl (C=O) groups is 1. The number of benzene rings is 2.